The minimum Gasteiger partial charge on any atom is -0.497 e. The van der Waals surface area contributed by atoms with E-state index in [0.29, 0.717) is 11.3 Å². The second-order valence-corrected chi connectivity index (χ2v) is 10.5. The number of benzene rings is 3. The number of aryl methyl sites for hydroxylation is 1. The van der Waals surface area contributed by atoms with Gasteiger partial charge < -0.3 is 14.0 Å². The third-order valence-corrected chi connectivity index (χ3v) is 7.76. The van der Waals surface area contributed by atoms with Crippen LogP contribution in [0, 0.1) is 6.92 Å². The summed E-state index contributed by atoms with van der Waals surface area (Å²) in [6.07, 6.45) is 0. The van der Waals surface area contributed by atoms with Gasteiger partial charge in [0.15, 0.2) is 4.80 Å². The third-order valence-electron chi connectivity index (χ3n) is 5.34. The van der Waals surface area contributed by atoms with E-state index in [0.717, 1.165) is 10.3 Å². The number of rotatable bonds is 7. The fraction of sp³-hybridized carbons (Fsp3) is 0.160. The van der Waals surface area contributed by atoms with E-state index in [9.17, 15) is 18.0 Å². The van der Waals surface area contributed by atoms with Crippen LogP contribution in [-0.2, 0) is 26.1 Å². The first-order valence-electron chi connectivity index (χ1n) is 10.7. The van der Waals surface area contributed by atoms with Crippen LogP contribution >= 0.6 is 11.3 Å². The van der Waals surface area contributed by atoms with Crippen LogP contribution in [-0.4, -0.2) is 39.1 Å². The number of anilines is 1. The van der Waals surface area contributed by atoms with Crippen LogP contribution in [0.5, 0.6) is 5.75 Å². The lowest BCUT2D eigenvalue weighted by Crippen LogP contribution is -2.22. The fourth-order valence-corrected chi connectivity index (χ4v) is 5.58. The highest BCUT2D eigenvalue weighted by Crippen LogP contribution is 2.24. The Kier molecular flexibility index (Phi) is 7.22. The molecule has 0 radical (unpaired) electrons. The van der Waals surface area contributed by atoms with E-state index in [1.165, 1.54) is 42.7 Å². The van der Waals surface area contributed by atoms with Gasteiger partial charge in [0.2, 0.25) is 0 Å². The molecule has 4 aromatic rings. The minimum atomic E-state index is -3.94. The maximum Gasteiger partial charge on any atom is 0.325 e. The summed E-state index contributed by atoms with van der Waals surface area (Å²) in [5.74, 6) is -0.567. The number of carbonyl (C=O) groups is 2. The number of aromatic nitrogens is 1. The number of esters is 1. The fourth-order valence-electron chi connectivity index (χ4n) is 3.44. The van der Waals surface area contributed by atoms with Crippen molar-refractivity contribution in [1.82, 2.24) is 4.57 Å². The molecule has 11 heteroatoms. The molecule has 1 heterocycles. The number of para-hydroxylation sites is 1. The Morgan fingerprint density at radius 1 is 1.03 bits per heavy atom. The summed E-state index contributed by atoms with van der Waals surface area (Å²) >= 11 is 1.20. The molecule has 0 saturated carbocycles. The Labute approximate surface area is 211 Å². The van der Waals surface area contributed by atoms with E-state index < -0.39 is 21.9 Å². The second kappa shape index (κ2) is 10.3. The first-order valence-corrected chi connectivity index (χ1v) is 13.0. The standard InChI is InChI=1S/C25H23N3O6S2/c1-16-8-11-18(12-9-16)36(31,32)27-20-7-5-4-6-19(20)24(30)26-25-28(15-23(29)34-3)21-13-10-17(33-2)14-22(21)35-25/h4-14,27H,15H2,1-3H3. The lowest BCUT2D eigenvalue weighted by Gasteiger charge is -2.11. The summed E-state index contributed by atoms with van der Waals surface area (Å²) in [5, 5.41) is 0. The molecular weight excluding hydrogens is 502 g/mol. The number of nitrogens with one attached hydrogen (secondary N) is 1. The largest absolute Gasteiger partial charge is 0.497 e. The first-order chi connectivity index (χ1) is 17.2. The predicted octanol–water partition coefficient (Wildman–Crippen LogP) is 3.73. The summed E-state index contributed by atoms with van der Waals surface area (Å²) < 4.78 is 40.7. The number of thiazole rings is 1. The molecule has 36 heavy (non-hydrogen) atoms. The van der Waals surface area contributed by atoms with Crippen LogP contribution in [0.2, 0.25) is 0 Å². The molecule has 0 aliphatic rings. The molecule has 0 aliphatic carbocycles. The van der Waals surface area contributed by atoms with Gasteiger partial charge in [0.25, 0.3) is 15.9 Å². The molecular formula is C25H23N3O6S2. The molecule has 0 atom stereocenters. The predicted molar refractivity (Wildman–Crippen MR) is 137 cm³/mol. The van der Waals surface area contributed by atoms with Gasteiger partial charge in [-0.3, -0.25) is 14.3 Å². The van der Waals surface area contributed by atoms with Gasteiger partial charge in [-0.1, -0.05) is 41.2 Å². The summed E-state index contributed by atoms with van der Waals surface area (Å²) in [6.45, 7) is 1.70. The lowest BCUT2D eigenvalue weighted by molar-refractivity contribution is -0.141. The SMILES string of the molecule is COC(=O)Cn1c(=NC(=O)c2ccccc2NS(=O)(=O)c2ccc(C)cc2)sc2cc(OC)ccc21. The van der Waals surface area contributed by atoms with Crippen LogP contribution in [0.15, 0.2) is 76.6 Å². The average molecular weight is 526 g/mol. The zero-order valence-corrected chi connectivity index (χ0v) is 21.4. The molecule has 186 valence electrons. The third kappa shape index (κ3) is 5.31. The normalized spacial score (nSPS) is 11.9. The van der Waals surface area contributed by atoms with Crippen LogP contribution in [0.1, 0.15) is 15.9 Å². The molecule has 0 bridgehead atoms. The molecule has 3 aromatic carbocycles. The highest BCUT2D eigenvalue weighted by molar-refractivity contribution is 7.92. The smallest absolute Gasteiger partial charge is 0.325 e. The quantitative estimate of drug-likeness (QED) is 0.368. The number of nitrogens with zero attached hydrogens (tertiary/aromatic N) is 2. The Bertz CT molecular complexity index is 1620. The number of hydrogen-bond acceptors (Lipinski definition) is 7. The highest BCUT2D eigenvalue weighted by Gasteiger charge is 2.19. The van der Waals surface area contributed by atoms with Crippen molar-refractivity contribution in [2.24, 2.45) is 4.99 Å². The van der Waals surface area contributed by atoms with Gasteiger partial charge in [-0.2, -0.15) is 4.99 Å². The van der Waals surface area contributed by atoms with Gasteiger partial charge in [0, 0.05) is 0 Å². The molecule has 4 rings (SSSR count). The molecule has 0 unspecified atom stereocenters. The monoisotopic (exact) mass is 525 g/mol. The van der Waals surface area contributed by atoms with E-state index in [1.54, 1.807) is 54.1 Å². The Morgan fingerprint density at radius 3 is 2.44 bits per heavy atom. The van der Waals surface area contributed by atoms with E-state index in [4.69, 9.17) is 9.47 Å². The van der Waals surface area contributed by atoms with Crippen molar-refractivity contribution in [3.05, 3.63) is 82.7 Å². The van der Waals surface area contributed by atoms with Crippen LogP contribution in [0.3, 0.4) is 0 Å². The summed E-state index contributed by atoms with van der Waals surface area (Å²) in [6, 6.07) is 17.9. The molecule has 1 aromatic heterocycles. The van der Waals surface area contributed by atoms with Crippen molar-refractivity contribution in [1.29, 1.82) is 0 Å². The van der Waals surface area contributed by atoms with Gasteiger partial charge in [-0.25, -0.2) is 8.42 Å². The minimum absolute atomic E-state index is 0.0628. The molecule has 1 amide bonds. The van der Waals surface area contributed by atoms with Crippen LogP contribution < -0.4 is 14.3 Å². The lowest BCUT2D eigenvalue weighted by atomic mass is 10.2. The number of sulfonamides is 1. The van der Waals surface area contributed by atoms with Crippen molar-refractivity contribution in [2.75, 3.05) is 18.9 Å². The maximum absolute atomic E-state index is 13.3. The van der Waals surface area contributed by atoms with Gasteiger partial charge in [0.05, 0.1) is 40.6 Å². The van der Waals surface area contributed by atoms with Crippen molar-refractivity contribution < 1.29 is 27.5 Å². The summed E-state index contributed by atoms with van der Waals surface area (Å²) in [4.78, 5) is 29.9. The highest BCUT2D eigenvalue weighted by atomic mass is 32.2. The van der Waals surface area contributed by atoms with Crippen molar-refractivity contribution in [3.8, 4) is 5.75 Å². The van der Waals surface area contributed by atoms with Crippen LogP contribution in [0.4, 0.5) is 5.69 Å². The van der Waals surface area contributed by atoms with Crippen molar-refractivity contribution >= 4 is 49.1 Å². The average Bonchev–Trinajstić information content (AvgIpc) is 3.19. The number of hydrogen-bond donors (Lipinski definition) is 1. The van der Waals surface area contributed by atoms with E-state index in [1.807, 2.05) is 6.92 Å². The number of ether oxygens (including phenoxy) is 2. The van der Waals surface area contributed by atoms with Crippen molar-refractivity contribution in [3.63, 3.8) is 0 Å². The van der Waals surface area contributed by atoms with E-state index >= 15 is 0 Å². The zero-order chi connectivity index (χ0) is 25.9. The number of methoxy groups -OCH3 is 2. The molecule has 0 spiro atoms. The summed E-state index contributed by atoms with van der Waals surface area (Å²) in [5.41, 5.74) is 1.75. The topological polar surface area (TPSA) is 116 Å². The Hall–Kier alpha value is -3.96. The summed E-state index contributed by atoms with van der Waals surface area (Å²) in [7, 11) is -1.12. The molecule has 0 saturated heterocycles. The zero-order valence-electron chi connectivity index (χ0n) is 19.7. The van der Waals surface area contributed by atoms with Gasteiger partial charge in [-0.05, 0) is 49.4 Å². The number of carbonyl (C=O) groups excluding carboxylic acids is 2. The molecule has 0 aliphatic heterocycles. The molecule has 1 N–H and O–H groups in total. The van der Waals surface area contributed by atoms with E-state index in [-0.39, 0.29) is 27.5 Å². The van der Waals surface area contributed by atoms with Gasteiger partial charge in [-0.15, -0.1) is 0 Å². The van der Waals surface area contributed by atoms with E-state index in [2.05, 4.69) is 9.71 Å². The number of fused-ring (bicyclic) bond motifs is 1. The van der Waals surface area contributed by atoms with Crippen LogP contribution in [0.25, 0.3) is 10.2 Å². The Balaban J connectivity index is 1.76. The van der Waals surface area contributed by atoms with Gasteiger partial charge in [0.1, 0.15) is 12.3 Å². The van der Waals surface area contributed by atoms with Crippen molar-refractivity contribution in [2.45, 2.75) is 18.4 Å². The number of amides is 1. The first kappa shape index (κ1) is 25.1. The molecule has 0 fully saturated rings. The van der Waals surface area contributed by atoms with Gasteiger partial charge >= 0.3 is 5.97 Å². The second-order valence-electron chi connectivity index (χ2n) is 7.76. The molecule has 9 nitrogen and oxygen atoms in total. The Morgan fingerprint density at radius 2 is 1.75 bits per heavy atom. The maximum atomic E-state index is 13.3.